The average molecular weight is 305 g/mol. The molecule has 19 heavy (non-hydrogen) atoms. The van der Waals surface area contributed by atoms with E-state index in [2.05, 4.69) is 4.52 Å². The summed E-state index contributed by atoms with van der Waals surface area (Å²) in [6.07, 6.45) is -8.41. The molecule has 0 heterocycles. The Morgan fingerprint density at radius 2 is 1.95 bits per heavy atom. The second-order valence-corrected chi connectivity index (χ2v) is 6.75. The lowest BCUT2D eigenvalue weighted by Crippen LogP contribution is -2.44. The van der Waals surface area contributed by atoms with Gasteiger partial charge in [0, 0.05) is 12.1 Å². The number of halogens is 4. The molecular weight excluding hydrogens is 287 g/mol. The van der Waals surface area contributed by atoms with E-state index in [9.17, 15) is 27.0 Å². The van der Waals surface area contributed by atoms with Gasteiger partial charge in [-0.25, -0.2) is 4.39 Å². The van der Waals surface area contributed by atoms with Crippen molar-refractivity contribution in [2.45, 2.75) is 57.5 Å². The van der Waals surface area contributed by atoms with Gasteiger partial charge in [-0.15, -0.1) is 0 Å². The molecule has 8 heteroatoms. The zero-order valence-corrected chi connectivity index (χ0v) is 11.6. The summed E-state index contributed by atoms with van der Waals surface area (Å²) in [6, 6.07) is 0. The van der Waals surface area contributed by atoms with Gasteiger partial charge < -0.3 is 14.0 Å². The van der Waals surface area contributed by atoms with Gasteiger partial charge in [0.25, 0.3) is 0 Å². The molecule has 0 radical (unpaired) electrons. The highest BCUT2D eigenvalue weighted by Gasteiger charge is 2.50. The van der Waals surface area contributed by atoms with Crippen LogP contribution in [0.15, 0.2) is 0 Å². The summed E-state index contributed by atoms with van der Waals surface area (Å²) in [6.45, 7) is 1.52. The molecule has 4 atom stereocenters. The standard InChI is InChI=1S/C11H19F4O3P/c1-2-7-19(16,17)18-10(11(13,14)15)8-5-3-4-6-9(8)12/h8-10H,2-7H2,1H3,(H,16,17)/p-1. The summed E-state index contributed by atoms with van der Waals surface area (Å²) in [5, 5.41) is 0. The van der Waals surface area contributed by atoms with Crippen molar-refractivity contribution in [1.82, 2.24) is 0 Å². The van der Waals surface area contributed by atoms with Gasteiger partial charge in [0.05, 0.1) is 0 Å². The molecule has 0 aromatic carbocycles. The first-order valence-electron chi connectivity index (χ1n) is 6.36. The van der Waals surface area contributed by atoms with Crippen LogP contribution in [0.5, 0.6) is 0 Å². The predicted molar refractivity (Wildman–Crippen MR) is 60.5 cm³/mol. The smallest absolute Gasteiger partial charge is 0.415 e. The van der Waals surface area contributed by atoms with Crippen LogP contribution >= 0.6 is 7.60 Å². The van der Waals surface area contributed by atoms with Crippen LogP contribution in [-0.4, -0.2) is 24.6 Å². The largest absolute Gasteiger partial charge is 0.778 e. The van der Waals surface area contributed by atoms with Crippen LogP contribution < -0.4 is 4.89 Å². The Morgan fingerprint density at radius 3 is 2.42 bits per heavy atom. The van der Waals surface area contributed by atoms with Crippen LogP contribution in [0, 0.1) is 5.92 Å². The number of rotatable bonds is 5. The third kappa shape index (κ3) is 5.04. The lowest BCUT2D eigenvalue weighted by Gasteiger charge is -2.37. The van der Waals surface area contributed by atoms with E-state index >= 15 is 0 Å². The van der Waals surface area contributed by atoms with Crippen molar-refractivity contribution < 1.29 is 31.5 Å². The van der Waals surface area contributed by atoms with Crippen molar-refractivity contribution in [2.75, 3.05) is 6.16 Å². The molecule has 1 aliphatic rings. The Kier molecular flexibility index (Phi) is 5.83. The zero-order valence-electron chi connectivity index (χ0n) is 10.7. The molecule has 4 unspecified atom stereocenters. The predicted octanol–water partition coefficient (Wildman–Crippen LogP) is 3.43. The van der Waals surface area contributed by atoms with Crippen LogP contribution in [0.3, 0.4) is 0 Å². The molecule has 1 aliphatic carbocycles. The third-order valence-corrected chi connectivity index (χ3v) is 4.76. The fourth-order valence-corrected chi connectivity index (χ4v) is 3.61. The molecule has 1 rings (SSSR count). The lowest BCUT2D eigenvalue weighted by molar-refractivity contribution is -0.253. The van der Waals surface area contributed by atoms with Crippen molar-refractivity contribution in [3.05, 3.63) is 0 Å². The maximum atomic E-state index is 13.6. The Hall–Kier alpha value is -0.130. The SMILES string of the molecule is CCCP(=O)([O-])OC(C1CCCCC1F)C(F)(F)F. The Balaban J connectivity index is 2.86. The molecule has 0 bridgehead atoms. The number of hydrogen-bond acceptors (Lipinski definition) is 3. The van der Waals surface area contributed by atoms with Crippen LogP contribution in [-0.2, 0) is 9.09 Å². The summed E-state index contributed by atoms with van der Waals surface area (Å²) in [4.78, 5) is 11.4. The van der Waals surface area contributed by atoms with Crippen LogP contribution in [0.1, 0.15) is 39.0 Å². The van der Waals surface area contributed by atoms with E-state index < -0.39 is 38.1 Å². The van der Waals surface area contributed by atoms with Crippen molar-refractivity contribution in [3.63, 3.8) is 0 Å². The maximum Gasteiger partial charge on any atom is 0.415 e. The van der Waals surface area contributed by atoms with Crippen LogP contribution in [0.25, 0.3) is 0 Å². The lowest BCUT2D eigenvalue weighted by atomic mass is 9.83. The molecule has 0 saturated heterocycles. The highest BCUT2D eigenvalue weighted by molar-refractivity contribution is 7.51. The minimum atomic E-state index is -4.87. The molecule has 114 valence electrons. The summed E-state index contributed by atoms with van der Waals surface area (Å²) >= 11 is 0. The van der Waals surface area contributed by atoms with E-state index in [1.165, 1.54) is 6.92 Å². The summed E-state index contributed by atoms with van der Waals surface area (Å²) < 4.78 is 68.0. The van der Waals surface area contributed by atoms with Crippen molar-refractivity contribution in [1.29, 1.82) is 0 Å². The van der Waals surface area contributed by atoms with Crippen LogP contribution in [0.2, 0.25) is 0 Å². The van der Waals surface area contributed by atoms with Gasteiger partial charge >= 0.3 is 6.18 Å². The van der Waals surface area contributed by atoms with Crippen molar-refractivity contribution in [2.24, 2.45) is 5.92 Å². The Morgan fingerprint density at radius 1 is 1.37 bits per heavy atom. The highest BCUT2D eigenvalue weighted by Crippen LogP contribution is 2.47. The van der Waals surface area contributed by atoms with Gasteiger partial charge in [0.2, 0.25) is 0 Å². The first kappa shape index (κ1) is 16.9. The van der Waals surface area contributed by atoms with E-state index in [0.29, 0.717) is 12.8 Å². The molecule has 1 saturated carbocycles. The number of alkyl halides is 4. The summed E-state index contributed by atoms with van der Waals surface area (Å²) in [5.74, 6) is -1.42. The minimum Gasteiger partial charge on any atom is -0.778 e. The first-order valence-corrected chi connectivity index (χ1v) is 8.09. The maximum absolute atomic E-state index is 13.6. The molecular formula is C11H18F4O3P-. The van der Waals surface area contributed by atoms with Gasteiger partial charge in [-0.3, -0.25) is 0 Å². The number of hydrogen-bond donors (Lipinski definition) is 0. The minimum absolute atomic E-state index is 0.00251. The van der Waals surface area contributed by atoms with Crippen LogP contribution in [0.4, 0.5) is 17.6 Å². The summed E-state index contributed by atoms with van der Waals surface area (Å²) in [5.41, 5.74) is 0. The van der Waals surface area contributed by atoms with Crippen molar-refractivity contribution in [3.8, 4) is 0 Å². The molecule has 1 fully saturated rings. The van der Waals surface area contributed by atoms with Gasteiger partial charge in [-0.1, -0.05) is 19.8 Å². The van der Waals surface area contributed by atoms with Gasteiger partial charge in [-0.2, -0.15) is 13.2 Å². The quantitative estimate of drug-likeness (QED) is 0.577. The van der Waals surface area contributed by atoms with E-state index in [1.54, 1.807) is 0 Å². The fraction of sp³-hybridized carbons (Fsp3) is 1.00. The van der Waals surface area contributed by atoms with E-state index in [4.69, 9.17) is 0 Å². The van der Waals surface area contributed by atoms with E-state index in [1.807, 2.05) is 0 Å². The Labute approximate surface area is 109 Å². The summed E-state index contributed by atoms with van der Waals surface area (Å²) in [7, 11) is -4.57. The Bertz CT molecular complexity index is 334. The molecule has 0 spiro atoms. The second kappa shape index (κ2) is 6.55. The first-order chi connectivity index (χ1) is 8.67. The topological polar surface area (TPSA) is 49.4 Å². The molecule has 0 aromatic rings. The third-order valence-electron chi connectivity index (χ3n) is 3.22. The fourth-order valence-electron chi connectivity index (χ4n) is 2.34. The van der Waals surface area contributed by atoms with Crippen molar-refractivity contribution >= 4 is 7.60 Å². The second-order valence-electron chi connectivity index (χ2n) is 4.87. The van der Waals surface area contributed by atoms with Gasteiger partial charge in [0.15, 0.2) is 6.10 Å². The molecule has 0 aliphatic heterocycles. The van der Waals surface area contributed by atoms with Gasteiger partial charge in [0.1, 0.15) is 13.8 Å². The van der Waals surface area contributed by atoms with E-state index in [0.717, 1.165) is 0 Å². The normalized spacial score (nSPS) is 29.8. The van der Waals surface area contributed by atoms with E-state index in [-0.39, 0.29) is 19.3 Å². The monoisotopic (exact) mass is 305 g/mol. The van der Waals surface area contributed by atoms with Gasteiger partial charge in [-0.05, 0) is 19.3 Å². The molecule has 0 amide bonds. The highest BCUT2D eigenvalue weighted by atomic mass is 31.2. The molecule has 0 N–H and O–H groups in total. The molecule has 3 nitrogen and oxygen atoms in total. The average Bonchev–Trinajstić information content (AvgIpc) is 2.25. The zero-order chi connectivity index (χ0) is 14.7. The molecule has 0 aromatic heterocycles.